The summed E-state index contributed by atoms with van der Waals surface area (Å²) in [5.41, 5.74) is 0. The molecule has 3 saturated heterocycles. The minimum absolute atomic E-state index is 0.0165. The molecule has 5 fully saturated rings. The number of rotatable bonds is 4. The van der Waals surface area contributed by atoms with Gasteiger partial charge in [0.1, 0.15) is 6.10 Å². The molecule has 0 aromatic heterocycles. The molecule has 0 bridgehead atoms. The van der Waals surface area contributed by atoms with Crippen molar-refractivity contribution in [2.45, 2.75) is 109 Å². The maximum atomic E-state index is 13.6. The van der Waals surface area contributed by atoms with E-state index in [9.17, 15) is 9.59 Å². The average Bonchev–Trinajstić information content (AvgIpc) is 3.06. The summed E-state index contributed by atoms with van der Waals surface area (Å²) in [5.74, 6) is 2.37. The van der Waals surface area contributed by atoms with Crippen molar-refractivity contribution in [3.63, 3.8) is 0 Å². The topological polar surface area (TPSA) is 70.7 Å². The van der Waals surface area contributed by atoms with E-state index in [0.717, 1.165) is 32.2 Å². The van der Waals surface area contributed by atoms with Gasteiger partial charge in [0.15, 0.2) is 0 Å². The summed E-state index contributed by atoms with van der Waals surface area (Å²) in [6.07, 6.45) is 8.65. The van der Waals surface area contributed by atoms with Crippen LogP contribution in [0.1, 0.15) is 72.1 Å². The van der Waals surface area contributed by atoms with Crippen molar-refractivity contribution in [1.29, 1.82) is 0 Å². The molecular formula is C24H39N3O3. The quantitative estimate of drug-likeness (QED) is 0.737. The zero-order valence-electron chi connectivity index (χ0n) is 18.8. The minimum atomic E-state index is -0.414. The third-order valence-corrected chi connectivity index (χ3v) is 8.76. The van der Waals surface area contributed by atoms with Crippen molar-refractivity contribution >= 4 is 11.8 Å². The summed E-state index contributed by atoms with van der Waals surface area (Å²) in [4.78, 5) is 28.3. The molecule has 3 aliphatic heterocycles. The van der Waals surface area contributed by atoms with Crippen LogP contribution in [0, 0.1) is 23.7 Å². The van der Waals surface area contributed by atoms with E-state index < -0.39 is 6.10 Å². The van der Waals surface area contributed by atoms with Crippen molar-refractivity contribution in [2.24, 2.45) is 23.7 Å². The summed E-state index contributed by atoms with van der Waals surface area (Å²) < 4.78 is 6.24. The van der Waals surface area contributed by atoms with Crippen molar-refractivity contribution in [2.75, 3.05) is 6.54 Å². The number of amides is 2. The number of nitrogens with zero attached hydrogens (tertiary/aromatic N) is 1. The van der Waals surface area contributed by atoms with E-state index in [-0.39, 0.29) is 24.0 Å². The molecule has 6 heteroatoms. The van der Waals surface area contributed by atoms with Gasteiger partial charge in [0.05, 0.1) is 12.1 Å². The third kappa shape index (κ3) is 3.38. The number of ether oxygens (including phenoxy) is 1. The number of carbonyl (C=O) groups is 2. The molecule has 5 aliphatic rings. The molecule has 3 heterocycles. The second-order valence-corrected chi connectivity index (χ2v) is 10.8. The Labute approximate surface area is 180 Å². The molecule has 8 unspecified atom stereocenters. The number of carbonyl (C=O) groups excluding carboxylic acids is 2. The summed E-state index contributed by atoms with van der Waals surface area (Å²) in [5, 5.41) is 6.81. The van der Waals surface area contributed by atoms with Crippen LogP contribution in [0.5, 0.6) is 0 Å². The molecule has 5 rings (SSSR count). The molecule has 2 saturated carbocycles. The fraction of sp³-hybridized carbons (Fsp3) is 0.917. The zero-order valence-corrected chi connectivity index (χ0v) is 18.8. The lowest BCUT2D eigenvalue weighted by Gasteiger charge is -2.52. The Hall–Kier alpha value is -1.14. The maximum Gasteiger partial charge on any atom is 0.249 e. The van der Waals surface area contributed by atoms with Crippen LogP contribution < -0.4 is 10.6 Å². The van der Waals surface area contributed by atoms with Crippen LogP contribution in [0.3, 0.4) is 0 Å². The molecular weight excluding hydrogens is 378 g/mol. The highest BCUT2D eigenvalue weighted by atomic mass is 16.5. The van der Waals surface area contributed by atoms with E-state index >= 15 is 0 Å². The van der Waals surface area contributed by atoms with Crippen LogP contribution >= 0.6 is 0 Å². The summed E-state index contributed by atoms with van der Waals surface area (Å²) in [7, 11) is 0. The standard InChI is InChI=1S/C24H39N3O3/c1-13(2)26-23(28)14(3)30-15-8-9-20-19(12-15)17-10-11-25-21-16-6-4-5-7-18(16)24(29)27(20)22(17)21/h13-22,25H,4-12H2,1-3H3,(H,26,28)/t14-,15?,16?,17?,18?,19?,20?,21?,22?/m0/s1. The van der Waals surface area contributed by atoms with E-state index in [1.165, 1.54) is 25.7 Å². The van der Waals surface area contributed by atoms with Gasteiger partial charge in [0.2, 0.25) is 11.8 Å². The predicted octanol–water partition coefficient (Wildman–Crippen LogP) is 2.46. The Morgan fingerprint density at radius 2 is 1.87 bits per heavy atom. The van der Waals surface area contributed by atoms with Crippen LogP contribution in [0.25, 0.3) is 0 Å². The van der Waals surface area contributed by atoms with Crippen molar-refractivity contribution in [3.05, 3.63) is 0 Å². The first-order valence-electron chi connectivity index (χ1n) is 12.5. The van der Waals surface area contributed by atoms with Crippen LogP contribution in [0.2, 0.25) is 0 Å². The van der Waals surface area contributed by atoms with Gasteiger partial charge in [-0.05, 0) is 83.6 Å². The second kappa shape index (κ2) is 8.09. The number of hydrogen-bond donors (Lipinski definition) is 2. The Morgan fingerprint density at radius 3 is 2.67 bits per heavy atom. The molecule has 168 valence electrons. The van der Waals surface area contributed by atoms with Gasteiger partial charge < -0.3 is 20.3 Å². The molecule has 0 aromatic rings. The number of fused-ring (bicyclic) bond motifs is 5. The lowest BCUT2D eigenvalue weighted by Crippen LogP contribution is -2.66. The van der Waals surface area contributed by atoms with Crippen LogP contribution in [0.4, 0.5) is 0 Å². The Morgan fingerprint density at radius 1 is 1.07 bits per heavy atom. The highest BCUT2D eigenvalue weighted by Gasteiger charge is 2.61. The summed E-state index contributed by atoms with van der Waals surface area (Å²) in [6, 6.07) is 1.40. The smallest absolute Gasteiger partial charge is 0.249 e. The van der Waals surface area contributed by atoms with Crippen LogP contribution in [-0.2, 0) is 14.3 Å². The lowest BCUT2D eigenvalue weighted by molar-refractivity contribution is -0.152. The van der Waals surface area contributed by atoms with Crippen LogP contribution in [0.15, 0.2) is 0 Å². The highest BCUT2D eigenvalue weighted by molar-refractivity contribution is 5.82. The number of piperidine rings is 2. The van der Waals surface area contributed by atoms with Gasteiger partial charge in [-0.3, -0.25) is 9.59 Å². The maximum absolute atomic E-state index is 13.6. The molecule has 0 radical (unpaired) electrons. The van der Waals surface area contributed by atoms with Gasteiger partial charge in [-0.1, -0.05) is 12.8 Å². The van der Waals surface area contributed by atoms with E-state index in [1.807, 2.05) is 20.8 Å². The molecule has 2 N–H and O–H groups in total. The fourth-order valence-corrected chi connectivity index (χ4v) is 7.68. The normalized spacial score (nSPS) is 43.6. The molecule has 2 aliphatic carbocycles. The van der Waals surface area contributed by atoms with E-state index in [4.69, 9.17) is 4.74 Å². The first kappa shape index (κ1) is 20.7. The fourth-order valence-electron chi connectivity index (χ4n) is 7.68. The SMILES string of the molecule is CC(C)NC(=O)[C@H](C)OC1CCC2C(C1)C1CCNC3C4CCCCC4C(=O)N2C13. The molecule has 2 amide bonds. The lowest BCUT2D eigenvalue weighted by atomic mass is 9.66. The molecule has 30 heavy (non-hydrogen) atoms. The van der Waals surface area contributed by atoms with Gasteiger partial charge in [-0.25, -0.2) is 0 Å². The Bertz CT molecular complexity index is 683. The first-order valence-corrected chi connectivity index (χ1v) is 12.5. The second-order valence-electron chi connectivity index (χ2n) is 10.8. The van der Waals surface area contributed by atoms with Crippen LogP contribution in [-0.4, -0.2) is 59.6 Å². The zero-order chi connectivity index (χ0) is 21.0. The number of nitrogens with one attached hydrogen (secondary N) is 2. The van der Waals surface area contributed by atoms with E-state index in [0.29, 0.717) is 41.8 Å². The first-order chi connectivity index (χ1) is 14.5. The summed E-state index contributed by atoms with van der Waals surface area (Å²) in [6.45, 7) is 6.91. The van der Waals surface area contributed by atoms with Gasteiger partial charge in [-0.2, -0.15) is 0 Å². The van der Waals surface area contributed by atoms with Gasteiger partial charge >= 0.3 is 0 Å². The average molecular weight is 418 g/mol. The minimum Gasteiger partial charge on any atom is -0.365 e. The molecule has 9 atom stereocenters. The van der Waals surface area contributed by atoms with Crippen molar-refractivity contribution in [1.82, 2.24) is 15.5 Å². The molecule has 0 spiro atoms. The largest absolute Gasteiger partial charge is 0.365 e. The van der Waals surface area contributed by atoms with E-state index in [1.54, 1.807) is 0 Å². The Kier molecular flexibility index (Phi) is 5.59. The highest BCUT2D eigenvalue weighted by Crippen LogP contribution is 2.54. The van der Waals surface area contributed by atoms with Gasteiger partial charge in [0.25, 0.3) is 0 Å². The van der Waals surface area contributed by atoms with Crippen molar-refractivity contribution in [3.8, 4) is 0 Å². The van der Waals surface area contributed by atoms with Gasteiger partial charge in [0, 0.05) is 24.0 Å². The third-order valence-electron chi connectivity index (χ3n) is 8.76. The summed E-state index contributed by atoms with van der Waals surface area (Å²) >= 11 is 0. The predicted molar refractivity (Wildman–Crippen MR) is 115 cm³/mol. The van der Waals surface area contributed by atoms with E-state index in [2.05, 4.69) is 15.5 Å². The number of hydrogen-bond acceptors (Lipinski definition) is 4. The Balaban J connectivity index is 1.32. The van der Waals surface area contributed by atoms with Crippen molar-refractivity contribution < 1.29 is 14.3 Å². The monoisotopic (exact) mass is 417 g/mol. The van der Waals surface area contributed by atoms with Gasteiger partial charge in [-0.15, -0.1) is 0 Å². The molecule has 6 nitrogen and oxygen atoms in total. The molecule has 0 aromatic carbocycles.